The maximum absolute atomic E-state index is 5.71. The van der Waals surface area contributed by atoms with Gasteiger partial charge < -0.3 is 9.13 Å². The first kappa shape index (κ1) is 15.2. The molecule has 114 valence electrons. The van der Waals surface area contributed by atoms with Gasteiger partial charge in [0.25, 0.3) is 0 Å². The number of thioether (sulfide) groups is 1. The van der Waals surface area contributed by atoms with E-state index >= 15 is 0 Å². The van der Waals surface area contributed by atoms with Crippen LogP contribution in [0.5, 0.6) is 0 Å². The van der Waals surface area contributed by atoms with Gasteiger partial charge in [-0.1, -0.05) is 11.8 Å². The predicted octanol–water partition coefficient (Wildman–Crippen LogP) is 3.99. The molecule has 0 atom stereocenters. The molecule has 0 aliphatic heterocycles. The molecule has 0 spiro atoms. The third-order valence-electron chi connectivity index (χ3n) is 3.37. The van der Waals surface area contributed by atoms with Gasteiger partial charge in [-0.3, -0.25) is 0 Å². The van der Waals surface area contributed by atoms with Crippen LogP contribution in [0.25, 0.3) is 17.1 Å². The quantitative estimate of drug-likeness (QED) is 0.389. The van der Waals surface area contributed by atoms with Crippen LogP contribution in [0.3, 0.4) is 0 Å². The molecule has 2 heterocycles. The van der Waals surface area contributed by atoms with E-state index in [1.54, 1.807) is 11.8 Å². The molecule has 0 aliphatic rings. The van der Waals surface area contributed by atoms with Crippen LogP contribution in [-0.2, 0) is 7.05 Å². The molecule has 0 radical (unpaired) electrons. The van der Waals surface area contributed by atoms with Crippen LogP contribution in [0.4, 0.5) is 0 Å². The van der Waals surface area contributed by atoms with Crippen molar-refractivity contribution in [2.75, 3.05) is 11.6 Å². The van der Waals surface area contributed by atoms with E-state index in [1.165, 1.54) is 0 Å². The number of halogens is 1. The molecule has 0 amide bonds. The lowest BCUT2D eigenvalue weighted by atomic mass is 10.2. The van der Waals surface area contributed by atoms with E-state index < -0.39 is 0 Å². The lowest BCUT2D eigenvalue weighted by Crippen LogP contribution is -1.96. The largest absolute Gasteiger partial charge is 0.324 e. The Morgan fingerprint density at radius 1 is 1.09 bits per heavy atom. The van der Waals surface area contributed by atoms with E-state index in [-0.39, 0.29) is 0 Å². The van der Waals surface area contributed by atoms with Crippen molar-refractivity contribution >= 4 is 23.4 Å². The number of hydrogen-bond acceptors (Lipinski definition) is 3. The SMILES string of the molecule is Cn1c(SCCCCl)nnc1-c1ccc(-n2cccc2)cc1. The Bertz CT molecular complexity index is 719. The van der Waals surface area contributed by atoms with Crippen molar-refractivity contribution in [1.82, 2.24) is 19.3 Å². The van der Waals surface area contributed by atoms with Crippen molar-refractivity contribution in [3.05, 3.63) is 48.8 Å². The first-order chi connectivity index (χ1) is 10.8. The first-order valence-electron chi connectivity index (χ1n) is 7.11. The summed E-state index contributed by atoms with van der Waals surface area (Å²) in [4.78, 5) is 0. The Balaban J connectivity index is 1.79. The lowest BCUT2D eigenvalue weighted by Gasteiger charge is -2.06. The van der Waals surface area contributed by atoms with E-state index in [4.69, 9.17) is 11.6 Å². The molecule has 0 saturated carbocycles. The Hall–Kier alpha value is -1.72. The van der Waals surface area contributed by atoms with Gasteiger partial charge in [0.1, 0.15) is 0 Å². The Morgan fingerprint density at radius 3 is 2.50 bits per heavy atom. The molecule has 0 N–H and O–H groups in total. The van der Waals surface area contributed by atoms with Gasteiger partial charge in [-0.05, 0) is 42.8 Å². The van der Waals surface area contributed by atoms with E-state index in [0.717, 1.165) is 34.4 Å². The highest BCUT2D eigenvalue weighted by Gasteiger charge is 2.11. The summed E-state index contributed by atoms with van der Waals surface area (Å²) in [6, 6.07) is 12.4. The third kappa shape index (κ3) is 3.20. The number of benzene rings is 1. The number of nitrogens with zero attached hydrogens (tertiary/aromatic N) is 4. The molecule has 6 heteroatoms. The summed E-state index contributed by atoms with van der Waals surface area (Å²) in [5, 5.41) is 9.50. The molecule has 0 bridgehead atoms. The average Bonchev–Trinajstić information content (AvgIpc) is 3.19. The number of aromatic nitrogens is 4. The topological polar surface area (TPSA) is 35.6 Å². The number of hydrogen-bond donors (Lipinski definition) is 0. The Morgan fingerprint density at radius 2 is 1.82 bits per heavy atom. The molecule has 2 aromatic heterocycles. The second-order valence-electron chi connectivity index (χ2n) is 4.89. The summed E-state index contributed by atoms with van der Waals surface area (Å²) in [6.07, 6.45) is 5.03. The molecular weight excluding hydrogens is 316 g/mol. The van der Waals surface area contributed by atoms with Crippen molar-refractivity contribution < 1.29 is 0 Å². The van der Waals surface area contributed by atoms with Crippen LogP contribution < -0.4 is 0 Å². The van der Waals surface area contributed by atoms with Crippen molar-refractivity contribution in [1.29, 1.82) is 0 Å². The van der Waals surface area contributed by atoms with Crippen LogP contribution in [0, 0.1) is 0 Å². The van der Waals surface area contributed by atoms with Gasteiger partial charge >= 0.3 is 0 Å². The van der Waals surface area contributed by atoms with E-state index in [9.17, 15) is 0 Å². The van der Waals surface area contributed by atoms with Gasteiger partial charge in [-0.2, -0.15) is 0 Å². The molecule has 3 rings (SSSR count). The standard InChI is InChI=1S/C16H17ClN4S/c1-20-15(18-19-16(20)22-12-4-9-17)13-5-7-14(8-6-13)21-10-2-3-11-21/h2-3,5-8,10-11H,4,9,12H2,1H3. The molecule has 3 aromatic rings. The second-order valence-corrected chi connectivity index (χ2v) is 6.33. The van der Waals surface area contributed by atoms with Crippen molar-refractivity contribution in [2.45, 2.75) is 11.6 Å². The summed E-state index contributed by atoms with van der Waals surface area (Å²) in [5.41, 5.74) is 2.20. The van der Waals surface area contributed by atoms with Crippen LogP contribution in [0.15, 0.2) is 53.9 Å². The monoisotopic (exact) mass is 332 g/mol. The predicted molar refractivity (Wildman–Crippen MR) is 91.8 cm³/mol. The zero-order valence-electron chi connectivity index (χ0n) is 12.3. The highest BCUT2D eigenvalue weighted by atomic mass is 35.5. The van der Waals surface area contributed by atoms with Crippen LogP contribution in [0.2, 0.25) is 0 Å². The fraction of sp³-hybridized carbons (Fsp3) is 0.250. The maximum atomic E-state index is 5.71. The highest BCUT2D eigenvalue weighted by molar-refractivity contribution is 7.99. The van der Waals surface area contributed by atoms with Gasteiger partial charge in [0.2, 0.25) is 0 Å². The van der Waals surface area contributed by atoms with Gasteiger partial charge in [-0.15, -0.1) is 21.8 Å². The van der Waals surface area contributed by atoms with Crippen LogP contribution in [0.1, 0.15) is 6.42 Å². The zero-order chi connectivity index (χ0) is 15.4. The van der Waals surface area contributed by atoms with Gasteiger partial charge in [0.15, 0.2) is 11.0 Å². The fourth-order valence-electron chi connectivity index (χ4n) is 2.20. The third-order valence-corrected chi connectivity index (χ3v) is 4.75. The summed E-state index contributed by atoms with van der Waals surface area (Å²) in [7, 11) is 2.00. The molecular formula is C16H17ClN4S. The van der Waals surface area contributed by atoms with Crippen LogP contribution in [-0.4, -0.2) is 31.0 Å². The van der Waals surface area contributed by atoms with Gasteiger partial charge in [-0.25, -0.2) is 0 Å². The molecule has 0 aliphatic carbocycles. The Labute approximate surface area is 139 Å². The fourth-order valence-corrected chi connectivity index (χ4v) is 3.34. The van der Waals surface area contributed by atoms with E-state index in [1.807, 2.05) is 36.1 Å². The minimum atomic E-state index is 0.679. The molecule has 0 fully saturated rings. The van der Waals surface area contributed by atoms with Crippen molar-refractivity contribution in [3.63, 3.8) is 0 Å². The number of alkyl halides is 1. The molecule has 0 unspecified atom stereocenters. The average molecular weight is 333 g/mol. The molecule has 1 aromatic carbocycles. The smallest absolute Gasteiger partial charge is 0.191 e. The normalized spacial score (nSPS) is 11.0. The summed E-state index contributed by atoms with van der Waals surface area (Å²) < 4.78 is 4.11. The summed E-state index contributed by atoms with van der Waals surface area (Å²) in [6.45, 7) is 0. The maximum Gasteiger partial charge on any atom is 0.191 e. The highest BCUT2D eigenvalue weighted by Crippen LogP contribution is 2.24. The van der Waals surface area contributed by atoms with Gasteiger partial charge in [0, 0.05) is 42.3 Å². The Kier molecular flexibility index (Phi) is 4.85. The summed E-state index contributed by atoms with van der Waals surface area (Å²) in [5.74, 6) is 2.52. The second kappa shape index (κ2) is 7.03. The minimum Gasteiger partial charge on any atom is -0.324 e. The van der Waals surface area contributed by atoms with Crippen LogP contribution >= 0.6 is 23.4 Å². The van der Waals surface area contributed by atoms with E-state index in [0.29, 0.717) is 5.88 Å². The van der Waals surface area contributed by atoms with Gasteiger partial charge in [0.05, 0.1) is 0 Å². The van der Waals surface area contributed by atoms with E-state index in [2.05, 4.69) is 39.0 Å². The molecule has 0 saturated heterocycles. The number of rotatable bonds is 6. The zero-order valence-corrected chi connectivity index (χ0v) is 13.9. The molecule has 4 nitrogen and oxygen atoms in total. The minimum absolute atomic E-state index is 0.679. The summed E-state index contributed by atoms with van der Waals surface area (Å²) >= 11 is 7.40. The van der Waals surface area contributed by atoms with Crippen molar-refractivity contribution in [2.24, 2.45) is 7.05 Å². The van der Waals surface area contributed by atoms with Crippen molar-refractivity contribution in [3.8, 4) is 17.1 Å². The first-order valence-corrected chi connectivity index (χ1v) is 8.63. The molecule has 22 heavy (non-hydrogen) atoms. The lowest BCUT2D eigenvalue weighted by molar-refractivity contribution is 0.793.